The van der Waals surface area contributed by atoms with Crippen LogP contribution in [0.15, 0.2) is 30.3 Å². The van der Waals surface area contributed by atoms with Crippen LogP contribution in [-0.2, 0) is 4.79 Å². The highest BCUT2D eigenvalue weighted by molar-refractivity contribution is 9.09. The summed E-state index contributed by atoms with van der Waals surface area (Å²) < 4.78 is 0. The fraction of sp³-hybridized carbons (Fsp3) is 0.562. The summed E-state index contributed by atoms with van der Waals surface area (Å²) in [5.41, 5.74) is 1.10. The zero-order valence-electron chi connectivity index (χ0n) is 12.0. The number of halogens is 1. The lowest BCUT2D eigenvalue weighted by Crippen LogP contribution is -2.41. The van der Waals surface area contributed by atoms with E-state index in [0.717, 1.165) is 23.7 Å². The first-order valence-electron chi connectivity index (χ1n) is 7.01. The smallest absolute Gasteiger partial charge is 0.227 e. The van der Waals surface area contributed by atoms with Crippen LogP contribution in [0.2, 0.25) is 0 Å². The Balaban J connectivity index is 2.74. The zero-order chi connectivity index (χ0) is 14.3. The number of carbonyl (C=O) groups is 1. The van der Waals surface area contributed by atoms with Crippen LogP contribution in [0.25, 0.3) is 0 Å². The van der Waals surface area contributed by atoms with Gasteiger partial charge in [0.25, 0.3) is 0 Å². The van der Waals surface area contributed by atoms with E-state index in [1.165, 1.54) is 0 Å². The van der Waals surface area contributed by atoms with Crippen LogP contribution < -0.4 is 5.32 Å². The van der Waals surface area contributed by atoms with Gasteiger partial charge in [0.2, 0.25) is 5.91 Å². The fourth-order valence-electron chi connectivity index (χ4n) is 2.23. The van der Waals surface area contributed by atoms with E-state index in [9.17, 15) is 4.79 Å². The molecule has 0 aromatic heterocycles. The van der Waals surface area contributed by atoms with E-state index >= 15 is 0 Å². The Labute approximate surface area is 125 Å². The fourth-order valence-corrected chi connectivity index (χ4v) is 2.72. The lowest BCUT2D eigenvalue weighted by atomic mass is 9.94. The first kappa shape index (κ1) is 16.2. The van der Waals surface area contributed by atoms with Crippen molar-refractivity contribution in [3.05, 3.63) is 35.9 Å². The summed E-state index contributed by atoms with van der Waals surface area (Å²) in [4.78, 5) is 12.4. The molecule has 1 amide bonds. The van der Waals surface area contributed by atoms with E-state index in [1.54, 1.807) is 0 Å². The lowest BCUT2D eigenvalue weighted by Gasteiger charge is -2.24. The zero-order valence-corrected chi connectivity index (χ0v) is 13.6. The minimum atomic E-state index is -0.0437. The third-order valence-corrected chi connectivity index (χ3v) is 3.94. The van der Waals surface area contributed by atoms with E-state index < -0.39 is 0 Å². The molecule has 0 heterocycles. The molecule has 1 aromatic carbocycles. The van der Waals surface area contributed by atoms with Crippen LogP contribution in [0.3, 0.4) is 0 Å². The number of benzene rings is 1. The molecule has 2 atom stereocenters. The molecule has 0 radical (unpaired) electrons. The Morgan fingerprint density at radius 3 is 2.37 bits per heavy atom. The minimum Gasteiger partial charge on any atom is -0.353 e. The van der Waals surface area contributed by atoms with Crippen LogP contribution in [0.4, 0.5) is 0 Å². The van der Waals surface area contributed by atoms with E-state index in [4.69, 9.17) is 0 Å². The van der Waals surface area contributed by atoms with E-state index in [2.05, 4.69) is 42.0 Å². The van der Waals surface area contributed by atoms with Crippen LogP contribution in [-0.4, -0.2) is 17.3 Å². The average molecular weight is 326 g/mol. The van der Waals surface area contributed by atoms with E-state index in [1.807, 2.05) is 30.3 Å². The van der Waals surface area contributed by atoms with Crippen molar-refractivity contribution in [3.8, 4) is 0 Å². The van der Waals surface area contributed by atoms with Crippen molar-refractivity contribution < 1.29 is 4.79 Å². The number of carbonyl (C=O) groups excluding carboxylic acids is 1. The highest BCUT2D eigenvalue weighted by Gasteiger charge is 2.22. The highest BCUT2D eigenvalue weighted by Crippen LogP contribution is 2.20. The standard InChI is InChI=1S/C16H24BrNO/c1-4-14(13-8-6-5-7-9-13)16(19)18-15(10-11-17)12(2)3/h5-9,12,14-15H,4,10-11H2,1-3H3,(H,18,19). The molecule has 106 valence electrons. The second-order valence-electron chi connectivity index (χ2n) is 5.21. The SMILES string of the molecule is CCC(C(=O)NC(CCBr)C(C)C)c1ccccc1. The Morgan fingerprint density at radius 2 is 1.89 bits per heavy atom. The first-order valence-corrected chi connectivity index (χ1v) is 8.13. The monoisotopic (exact) mass is 325 g/mol. The van der Waals surface area contributed by atoms with Gasteiger partial charge in [-0.15, -0.1) is 0 Å². The quantitative estimate of drug-likeness (QED) is 0.751. The van der Waals surface area contributed by atoms with Gasteiger partial charge in [-0.05, 0) is 24.3 Å². The van der Waals surface area contributed by atoms with Gasteiger partial charge in [-0.3, -0.25) is 4.79 Å². The summed E-state index contributed by atoms with van der Waals surface area (Å²) in [7, 11) is 0. The number of amides is 1. The summed E-state index contributed by atoms with van der Waals surface area (Å²) >= 11 is 3.46. The molecule has 0 aliphatic heterocycles. The molecule has 3 heteroatoms. The third-order valence-electron chi connectivity index (χ3n) is 3.48. The number of hydrogen-bond donors (Lipinski definition) is 1. The van der Waals surface area contributed by atoms with Gasteiger partial charge in [0.05, 0.1) is 5.92 Å². The Bertz CT molecular complexity index is 378. The molecule has 0 bridgehead atoms. The van der Waals surface area contributed by atoms with Crippen molar-refractivity contribution in [2.75, 3.05) is 5.33 Å². The molecule has 1 aromatic rings. The maximum absolute atomic E-state index is 12.4. The Kier molecular flexibility index (Phi) is 7.14. The van der Waals surface area contributed by atoms with Gasteiger partial charge >= 0.3 is 0 Å². The molecule has 2 unspecified atom stereocenters. The molecular weight excluding hydrogens is 302 g/mol. The van der Waals surface area contributed by atoms with Crippen LogP contribution in [0, 0.1) is 5.92 Å². The normalized spacial score (nSPS) is 14.2. The Morgan fingerprint density at radius 1 is 1.26 bits per heavy atom. The summed E-state index contributed by atoms with van der Waals surface area (Å²) in [5.74, 6) is 0.556. The second-order valence-corrected chi connectivity index (χ2v) is 6.00. The molecule has 1 N–H and O–H groups in total. The van der Waals surface area contributed by atoms with Crippen LogP contribution in [0.1, 0.15) is 45.1 Å². The number of hydrogen-bond acceptors (Lipinski definition) is 1. The highest BCUT2D eigenvalue weighted by atomic mass is 79.9. The summed E-state index contributed by atoms with van der Waals surface area (Å²) in [6.45, 7) is 6.36. The number of rotatable bonds is 7. The van der Waals surface area contributed by atoms with Crippen molar-refractivity contribution >= 4 is 21.8 Å². The summed E-state index contributed by atoms with van der Waals surface area (Å²) in [6, 6.07) is 10.3. The predicted molar refractivity (Wildman–Crippen MR) is 84.7 cm³/mol. The van der Waals surface area contributed by atoms with Crippen molar-refractivity contribution in [2.45, 2.75) is 45.6 Å². The first-order chi connectivity index (χ1) is 9.10. The van der Waals surface area contributed by atoms with Gasteiger partial charge in [-0.1, -0.05) is 67.0 Å². The summed E-state index contributed by atoms with van der Waals surface area (Å²) in [5, 5.41) is 4.11. The molecule has 0 aliphatic rings. The third kappa shape index (κ3) is 4.98. The van der Waals surface area contributed by atoms with Crippen molar-refractivity contribution in [2.24, 2.45) is 5.92 Å². The average Bonchev–Trinajstić information content (AvgIpc) is 2.40. The van der Waals surface area contributed by atoms with Gasteiger partial charge in [0.15, 0.2) is 0 Å². The molecule has 0 saturated heterocycles. The van der Waals surface area contributed by atoms with Crippen LogP contribution >= 0.6 is 15.9 Å². The van der Waals surface area contributed by atoms with E-state index in [0.29, 0.717) is 5.92 Å². The van der Waals surface area contributed by atoms with Gasteiger partial charge in [-0.25, -0.2) is 0 Å². The van der Waals surface area contributed by atoms with Gasteiger partial charge in [0.1, 0.15) is 0 Å². The van der Waals surface area contributed by atoms with Gasteiger partial charge in [0, 0.05) is 11.4 Å². The van der Waals surface area contributed by atoms with Crippen molar-refractivity contribution in [3.63, 3.8) is 0 Å². The number of nitrogens with one attached hydrogen (secondary N) is 1. The molecular formula is C16H24BrNO. The molecule has 0 fully saturated rings. The maximum Gasteiger partial charge on any atom is 0.227 e. The minimum absolute atomic E-state index is 0.0437. The molecule has 0 spiro atoms. The topological polar surface area (TPSA) is 29.1 Å². The second kappa shape index (κ2) is 8.36. The van der Waals surface area contributed by atoms with Gasteiger partial charge < -0.3 is 5.32 Å². The lowest BCUT2D eigenvalue weighted by molar-refractivity contribution is -0.123. The molecule has 2 nitrogen and oxygen atoms in total. The van der Waals surface area contributed by atoms with Crippen LogP contribution in [0.5, 0.6) is 0 Å². The molecule has 0 saturated carbocycles. The maximum atomic E-state index is 12.4. The van der Waals surface area contributed by atoms with E-state index in [-0.39, 0.29) is 17.9 Å². The molecule has 0 aliphatic carbocycles. The predicted octanol–water partition coefficient (Wildman–Crippen LogP) is 4.11. The molecule has 19 heavy (non-hydrogen) atoms. The summed E-state index contributed by atoms with van der Waals surface area (Å²) in [6.07, 6.45) is 1.80. The van der Waals surface area contributed by atoms with Crippen molar-refractivity contribution in [1.29, 1.82) is 0 Å². The Hall–Kier alpha value is -0.830. The number of alkyl halides is 1. The van der Waals surface area contributed by atoms with Crippen molar-refractivity contribution in [1.82, 2.24) is 5.32 Å². The van der Waals surface area contributed by atoms with Gasteiger partial charge in [-0.2, -0.15) is 0 Å². The largest absolute Gasteiger partial charge is 0.353 e. The molecule has 1 rings (SSSR count).